The van der Waals surface area contributed by atoms with Gasteiger partial charge in [0.15, 0.2) is 8.32 Å². The third kappa shape index (κ3) is 11.2. The van der Waals surface area contributed by atoms with E-state index in [1.54, 1.807) is 0 Å². The van der Waals surface area contributed by atoms with Crippen molar-refractivity contribution in [1.29, 1.82) is 0 Å². The molecule has 0 aliphatic carbocycles. The summed E-state index contributed by atoms with van der Waals surface area (Å²) < 4.78 is 12.1. The fourth-order valence-corrected chi connectivity index (χ4v) is 4.45. The lowest BCUT2D eigenvalue weighted by molar-refractivity contribution is 0.180. The van der Waals surface area contributed by atoms with Gasteiger partial charge in [-0.1, -0.05) is 53.4 Å². The van der Waals surface area contributed by atoms with Crippen LogP contribution in [-0.2, 0) is 8.85 Å². The second-order valence-electron chi connectivity index (χ2n) is 7.96. The van der Waals surface area contributed by atoms with Crippen LogP contribution in [0.3, 0.4) is 0 Å². The second kappa shape index (κ2) is 9.85. The molecule has 0 amide bonds. The summed E-state index contributed by atoms with van der Waals surface area (Å²) in [6, 6.07) is 0. The molecule has 0 aromatic heterocycles. The van der Waals surface area contributed by atoms with E-state index in [1.165, 1.54) is 32.1 Å². The van der Waals surface area contributed by atoms with Crippen molar-refractivity contribution in [3.8, 4) is 0 Å². The first-order valence-corrected chi connectivity index (χ1v) is 12.7. The molecule has 0 radical (unpaired) electrons. The Morgan fingerprint density at radius 3 is 2.19 bits per heavy atom. The van der Waals surface area contributed by atoms with Gasteiger partial charge in [-0.3, -0.25) is 0 Å². The van der Waals surface area contributed by atoms with E-state index in [0.29, 0.717) is 6.10 Å². The molecule has 0 spiro atoms. The first kappa shape index (κ1) is 20.9. The molecule has 21 heavy (non-hydrogen) atoms. The molecule has 1 atom stereocenters. The fourth-order valence-electron chi connectivity index (χ4n) is 2.46. The van der Waals surface area contributed by atoms with Crippen molar-refractivity contribution < 1.29 is 8.85 Å². The van der Waals surface area contributed by atoms with Crippen molar-refractivity contribution in [3.05, 3.63) is 11.8 Å². The highest BCUT2D eigenvalue weighted by atomic mass is 28.4. The molecular formula is C17H38O2Si2. The maximum absolute atomic E-state index is 6.38. The lowest BCUT2D eigenvalue weighted by Crippen LogP contribution is -2.32. The van der Waals surface area contributed by atoms with E-state index in [-0.39, 0.29) is 5.41 Å². The van der Waals surface area contributed by atoms with Crippen molar-refractivity contribution in [2.24, 2.45) is 5.41 Å². The molecule has 0 rings (SSSR count). The summed E-state index contributed by atoms with van der Waals surface area (Å²) in [4.78, 5) is 0. The normalized spacial score (nSPS) is 15.3. The highest BCUT2D eigenvalue weighted by Gasteiger charge is 2.22. The van der Waals surface area contributed by atoms with Gasteiger partial charge in [0.05, 0.1) is 5.76 Å². The molecule has 0 bridgehead atoms. The van der Waals surface area contributed by atoms with Crippen LogP contribution < -0.4 is 0 Å². The molecular weight excluding hydrogens is 292 g/mol. The zero-order valence-corrected chi connectivity index (χ0v) is 18.7. The molecule has 0 aliphatic rings. The Kier molecular flexibility index (Phi) is 9.82. The quantitative estimate of drug-likeness (QED) is 0.325. The third-order valence-electron chi connectivity index (χ3n) is 3.43. The summed E-state index contributed by atoms with van der Waals surface area (Å²) in [7, 11) is -0.719. The van der Waals surface area contributed by atoms with Crippen LogP contribution in [0.4, 0.5) is 0 Å². The molecule has 2 nitrogen and oxygen atoms in total. The molecule has 0 aliphatic heterocycles. The van der Waals surface area contributed by atoms with Crippen LogP contribution in [0.15, 0.2) is 11.8 Å². The number of hydrogen-bond acceptors (Lipinski definition) is 2. The second-order valence-corrected chi connectivity index (χ2v) is 12.8. The van der Waals surface area contributed by atoms with Crippen LogP contribution in [0, 0.1) is 5.41 Å². The molecule has 0 saturated heterocycles. The van der Waals surface area contributed by atoms with Gasteiger partial charge in [0.2, 0.25) is 10.5 Å². The first-order chi connectivity index (χ1) is 9.60. The van der Waals surface area contributed by atoms with Crippen LogP contribution in [0.5, 0.6) is 0 Å². The lowest BCUT2D eigenvalue weighted by Gasteiger charge is -2.27. The molecule has 0 aromatic rings. The summed E-state index contributed by atoms with van der Waals surface area (Å²) in [5, 5.41) is 0. The predicted molar refractivity (Wildman–Crippen MR) is 100 cm³/mol. The van der Waals surface area contributed by atoms with E-state index in [1.807, 2.05) is 0 Å². The highest BCUT2D eigenvalue weighted by molar-refractivity contribution is 6.69. The van der Waals surface area contributed by atoms with Crippen molar-refractivity contribution in [2.45, 2.75) is 92.0 Å². The Bertz CT molecular complexity index is 301. The standard InChI is InChI=1S/C17H38O2Si2/c1-8-9-10-11-12-15(19-21(5,6)7)13-14-16(18-20)17(2,3)4/h14-15H,8-13H2,1-7,20H3. The van der Waals surface area contributed by atoms with E-state index < -0.39 is 8.32 Å². The summed E-state index contributed by atoms with van der Waals surface area (Å²) in [5.41, 5.74) is 0.105. The van der Waals surface area contributed by atoms with Gasteiger partial charge >= 0.3 is 0 Å². The molecule has 1 unspecified atom stereocenters. The van der Waals surface area contributed by atoms with E-state index in [0.717, 1.165) is 22.7 Å². The zero-order chi connectivity index (χ0) is 16.5. The topological polar surface area (TPSA) is 18.5 Å². The molecule has 0 saturated carbocycles. The van der Waals surface area contributed by atoms with Gasteiger partial charge in [-0.15, -0.1) is 0 Å². The molecule has 0 aromatic carbocycles. The minimum absolute atomic E-state index is 0.105. The average molecular weight is 331 g/mol. The van der Waals surface area contributed by atoms with E-state index in [4.69, 9.17) is 8.85 Å². The van der Waals surface area contributed by atoms with Gasteiger partial charge in [0, 0.05) is 11.5 Å². The predicted octanol–water partition coefficient (Wildman–Crippen LogP) is 4.79. The number of allylic oxidation sites excluding steroid dienone is 1. The molecule has 126 valence electrons. The molecule has 0 heterocycles. The minimum atomic E-state index is -1.48. The maximum Gasteiger partial charge on any atom is 0.203 e. The van der Waals surface area contributed by atoms with Gasteiger partial charge < -0.3 is 8.85 Å². The van der Waals surface area contributed by atoms with Gasteiger partial charge in [0.1, 0.15) is 0 Å². The van der Waals surface area contributed by atoms with Crippen LogP contribution in [0.25, 0.3) is 0 Å². The van der Waals surface area contributed by atoms with Gasteiger partial charge in [-0.2, -0.15) is 0 Å². The fraction of sp³-hybridized carbons (Fsp3) is 0.882. The van der Waals surface area contributed by atoms with E-state index in [2.05, 4.69) is 53.4 Å². The third-order valence-corrected chi connectivity index (χ3v) is 4.91. The number of unbranched alkanes of at least 4 members (excludes halogenated alkanes) is 3. The number of hydrogen-bond donors (Lipinski definition) is 0. The Balaban J connectivity index is 4.61. The van der Waals surface area contributed by atoms with Crippen LogP contribution in [0.2, 0.25) is 19.6 Å². The van der Waals surface area contributed by atoms with Crippen molar-refractivity contribution >= 4 is 18.8 Å². The van der Waals surface area contributed by atoms with Crippen LogP contribution in [0.1, 0.15) is 66.2 Å². The SMILES string of the molecule is CCCCCCC(CC=C(O[SiH3])C(C)(C)C)O[Si](C)(C)C. The summed E-state index contributed by atoms with van der Waals surface area (Å²) in [6.07, 6.45) is 10.1. The average Bonchev–Trinajstić information content (AvgIpc) is 2.31. The monoisotopic (exact) mass is 330 g/mol. The van der Waals surface area contributed by atoms with Gasteiger partial charge in [0.25, 0.3) is 0 Å². The molecule has 4 heteroatoms. The Morgan fingerprint density at radius 1 is 1.14 bits per heavy atom. The summed E-state index contributed by atoms with van der Waals surface area (Å²) >= 11 is 0. The van der Waals surface area contributed by atoms with Crippen LogP contribution >= 0.6 is 0 Å². The first-order valence-electron chi connectivity index (χ1n) is 8.52. The van der Waals surface area contributed by atoms with Crippen molar-refractivity contribution in [1.82, 2.24) is 0 Å². The minimum Gasteiger partial charge on any atom is -0.556 e. The smallest absolute Gasteiger partial charge is 0.203 e. The van der Waals surface area contributed by atoms with Gasteiger partial charge in [-0.05, 0) is 38.6 Å². The van der Waals surface area contributed by atoms with Crippen molar-refractivity contribution in [3.63, 3.8) is 0 Å². The molecule has 0 fully saturated rings. The number of rotatable bonds is 10. The molecule has 0 N–H and O–H groups in total. The Hall–Kier alpha value is -0.0662. The Morgan fingerprint density at radius 2 is 1.76 bits per heavy atom. The van der Waals surface area contributed by atoms with Gasteiger partial charge in [-0.25, -0.2) is 0 Å². The highest BCUT2D eigenvalue weighted by Crippen LogP contribution is 2.27. The maximum atomic E-state index is 6.38. The summed E-state index contributed by atoms with van der Waals surface area (Å²) in [6.45, 7) is 15.7. The van der Waals surface area contributed by atoms with Crippen LogP contribution in [-0.4, -0.2) is 24.9 Å². The lowest BCUT2D eigenvalue weighted by atomic mass is 9.92. The largest absolute Gasteiger partial charge is 0.556 e. The van der Waals surface area contributed by atoms with E-state index >= 15 is 0 Å². The van der Waals surface area contributed by atoms with E-state index in [9.17, 15) is 0 Å². The summed E-state index contributed by atoms with van der Waals surface area (Å²) in [5.74, 6) is 1.13. The zero-order valence-electron chi connectivity index (χ0n) is 15.7. The Labute approximate surface area is 137 Å². The van der Waals surface area contributed by atoms with Crippen molar-refractivity contribution in [2.75, 3.05) is 0 Å².